The Hall–Kier alpha value is -1.66. The summed E-state index contributed by atoms with van der Waals surface area (Å²) in [4.78, 5) is 24.1. The molecule has 0 spiro atoms. The third kappa shape index (κ3) is 3.02. The molecule has 0 radical (unpaired) electrons. The summed E-state index contributed by atoms with van der Waals surface area (Å²) in [6.07, 6.45) is 0. The lowest BCUT2D eigenvalue weighted by Gasteiger charge is -2.35. The summed E-state index contributed by atoms with van der Waals surface area (Å²) in [5.41, 5.74) is 1.17. The molecule has 1 N–H and O–H groups in total. The van der Waals surface area contributed by atoms with Gasteiger partial charge in [0.05, 0.1) is 11.0 Å². The fourth-order valence-corrected chi connectivity index (χ4v) is 1.90. The van der Waals surface area contributed by atoms with E-state index in [9.17, 15) is 14.9 Å². The van der Waals surface area contributed by atoms with E-state index in [1.54, 1.807) is 18.9 Å². The quantitative estimate of drug-likeness (QED) is 0.672. The fourth-order valence-electron chi connectivity index (χ4n) is 1.90. The Morgan fingerprint density at radius 3 is 2.53 bits per heavy atom. The zero-order valence-electron chi connectivity index (χ0n) is 10.8. The van der Waals surface area contributed by atoms with Gasteiger partial charge in [0.2, 0.25) is 0 Å². The number of nitrogens with zero attached hydrogens (tertiary/aromatic N) is 2. The van der Waals surface area contributed by atoms with Crippen LogP contribution in [-0.2, 0) is 0 Å². The summed E-state index contributed by atoms with van der Waals surface area (Å²) in [5, 5.41) is 13.7. The number of aryl methyl sites for hydroxylation is 1. The fraction of sp³-hybridized carbons (Fsp3) is 0.417. The Bertz CT molecular complexity index is 503. The molecule has 1 aromatic rings. The van der Waals surface area contributed by atoms with Crippen LogP contribution in [0.15, 0.2) is 18.2 Å². The maximum Gasteiger partial charge on any atom is 0.269 e. The van der Waals surface area contributed by atoms with Crippen molar-refractivity contribution in [3.63, 3.8) is 0 Å². The molecule has 1 saturated heterocycles. The summed E-state index contributed by atoms with van der Waals surface area (Å²) < 4.78 is 0. The molecule has 19 heavy (non-hydrogen) atoms. The van der Waals surface area contributed by atoms with Crippen molar-refractivity contribution in [3.8, 4) is 0 Å². The highest BCUT2D eigenvalue weighted by Crippen LogP contribution is 2.19. The van der Waals surface area contributed by atoms with Crippen molar-refractivity contribution in [3.05, 3.63) is 39.4 Å². The van der Waals surface area contributed by atoms with Gasteiger partial charge in [-0.2, -0.15) is 0 Å². The lowest BCUT2D eigenvalue weighted by molar-refractivity contribution is -0.384. The molecule has 1 heterocycles. The van der Waals surface area contributed by atoms with E-state index in [1.807, 2.05) is 0 Å². The topological polar surface area (TPSA) is 75.5 Å². The predicted molar refractivity (Wildman–Crippen MR) is 73.8 cm³/mol. The van der Waals surface area contributed by atoms with Crippen molar-refractivity contribution in [2.24, 2.45) is 0 Å². The Kier molecular flexibility index (Phi) is 4.85. The number of rotatable bonds is 3. The summed E-state index contributed by atoms with van der Waals surface area (Å²) in [6, 6.07) is 4.54. The van der Waals surface area contributed by atoms with Gasteiger partial charge in [-0.05, 0) is 18.6 Å². The monoisotopic (exact) mass is 285 g/mol. The lowest BCUT2D eigenvalue weighted by atomic mass is 10.0. The summed E-state index contributed by atoms with van der Waals surface area (Å²) in [5.74, 6) is -0.0890. The molecule has 7 heteroatoms. The van der Waals surface area contributed by atoms with Crippen LogP contribution in [0.5, 0.6) is 0 Å². The molecule has 0 bridgehead atoms. The third-order valence-corrected chi connectivity index (χ3v) is 3.28. The first kappa shape index (κ1) is 15.4. The van der Waals surface area contributed by atoms with Gasteiger partial charge in [0.15, 0.2) is 0 Å². The summed E-state index contributed by atoms with van der Waals surface area (Å²) >= 11 is 0. The average Bonchev–Trinajstić information content (AvgIpc) is 2.25. The van der Waals surface area contributed by atoms with Gasteiger partial charge in [0.1, 0.15) is 0 Å². The number of likely N-dealkylation sites (N-methyl/N-ethyl adjacent to an activating group) is 1. The molecule has 104 valence electrons. The molecule has 1 amide bonds. The Balaban J connectivity index is 0.00000180. The number of benzene rings is 1. The molecule has 6 nitrogen and oxygen atoms in total. The second-order valence-corrected chi connectivity index (χ2v) is 4.48. The number of carbonyl (C=O) groups is 1. The van der Waals surface area contributed by atoms with Crippen LogP contribution in [0.1, 0.15) is 15.9 Å². The van der Waals surface area contributed by atoms with E-state index in [1.165, 1.54) is 18.2 Å². The molecule has 1 fully saturated rings. The van der Waals surface area contributed by atoms with Gasteiger partial charge in [0, 0.05) is 37.8 Å². The highest BCUT2D eigenvalue weighted by atomic mass is 35.5. The van der Waals surface area contributed by atoms with E-state index in [-0.39, 0.29) is 30.0 Å². The van der Waals surface area contributed by atoms with Crippen molar-refractivity contribution >= 4 is 24.0 Å². The predicted octanol–water partition coefficient (Wildman–Crippen LogP) is 1.37. The van der Waals surface area contributed by atoms with Crippen molar-refractivity contribution in [2.45, 2.75) is 13.0 Å². The van der Waals surface area contributed by atoms with Crippen molar-refractivity contribution in [2.75, 3.05) is 20.1 Å². The zero-order chi connectivity index (χ0) is 13.3. The highest BCUT2D eigenvalue weighted by Gasteiger charge is 2.27. The molecule has 1 aliphatic rings. The molecule has 0 aromatic heterocycles. The molecule has 1 aromatic carbocycles. The standard InChI is InChI=1S/C12H15N3O3.ClH/c1-8-5-9(15(17)18)3-4-11(8)12(16)14(2)10-6-13-7-10;/h3-5,10,13H,6-7H2,1-2H3;1H. The van der Waals surface area contributed by atoms with Crippen LogP contribution in [-0.4, -0.2) is 41.9 Å². The number of halogens is 1. The number of carbonyl (C=O) groups excluding carboxylic acids is 1. The van der Waals surface area contributed by atoms with Gasteiger partial charge in [0.25, 0.3) is 11.6 Å². The van der Waals surface area contributed by atoms with Crippen LogP contribution < -0.4 is 5.32 Å². The average molecular weight is 286 g/mol. The van der Waals surface area contributed by atoms with Crippen LogP contribution in [0, 0.1) is 17.0 Å². The normalized spacial score (nSPS) is 14.2. The second-order valence-electron chi connectivity index (χ2n) is 4.48. The highest BCUT2D eigenvalue weighted by molar-refractivity contribution is 5.96. The Morgan fingerprint density at radius 1 is 1.47 bits per heavy atom. The number of hydrogen-bond donors (Lipinski definition) is 1. The van der Waals surface area contributed by atoms with Gasteiger partial charge in [-0.25, -0.2) is 0 Å². The number of nitro benzene ring substituents is 1. The van der Waals surface area contributed by atoms with E-state index < -0.39 is 4.92 Å². The molecule has 0 aliphatic carbocycles. The maximum atomic E-state index is 12.2. The van der Waals surface area contributed by atoms with Crippen LogP contribution in [0.4, 0.5) is 5.69 Å². The minimum atomic E-state index is -0.458. The number of nitro groups is 1. The van der Waals surface area contributed by atoms with E-state index in [0.717, 1.165) is 13.1 Å². The SMILES string of the molecule is Cc1cc([N+](=O)[O-])ccc1C(=O)N(C)C1CNC1.Cl. The summed E-state index contributed by atoms with van der Waals surface area (Å²) in [7, 11) is 1.76. The van der Waals surface area contributed by atoms with Crippen molar-refractivity contribution in [1.82, 2.24) is 10.2 Å². The molecular weight excluding hydrogens is 270 g/mol. The van der Waals surface area contributed by atoms with Crippen LogP contribution in [0.2, 0.25) is 0 Å². The van der Waals surface area contributed by atoms with E-state index in [4.69, 9.17) is 0 Å². The largest absolute Gasteiger partial charge is 0.336 e. The van der Waals surface area contributed by atoms with E-state index >= 15 is 0 Å². The number of hydrogen-bond acceptors (Lipinski definition) is 4. The second kappa shape index (κ2) is 5.99. The van der Waals surface area contributed by atoms with Gasteiger partial charge in [-0.15, -0.1) is 12.4 Å². The Morgan fingerprint density at radius 2 is 2.11 bits per heavy atom. The van der Waals surface area contributed by atoms with Gasteiger partial charge >= 0.3 is 0 Å². The zero-order valence-corrected chi connectivity index (χ0v) is 11.6. The third-order valence-electron chi connectivity index (χ3n) is 3.28. The van der Waals surface area contributed by atoms with E-state index in [2.05, 4.69) is 5.32 Å². The molecule has 1 aliphatic heterocycles. The molecule has 0 unspecified atom stereocenters. The first-order chi connectivity index (χ1) is 8.50. The van der Waals surface area contributed by atoms with E-state index in [0.29, 0.717) is 11.1 Å². The minimum Gasteiger partial charge on any atom is -0.336 e. The first-order valence-corrected chi connectivity index (χ1v) is 5.73. The first-order valence-electron chi connectivity index (χ1n) is 5.73. The van der Waals surface area contributed by atoms with Gasteiger partial charge in [-0.1, -0.05) is 0 Å². The number of nitrogens with one attached hydrogen (secondary N) is 1. The smallest absolute Gasteiger partial charge is 0.269 e. The lowest BCUT2D eigenvalue weighted by Crippen LogP contribution is -2.57. The Labute approximate surface area is 117 Å². The molecular formula is C12H16ClN3O3. The maximum absolute atomic E-state index is 12.2. The number of amides is 1. The van der Waals surface area contributed by atoms with Gasteiger partial charge in [-0.3, -0.25) is 14.9 Å². The summed E-state index contributed by atoms with van der Waals surface area (Å²) in [6.45, 7) is 3.32. The van der Waals surface area contributed by atoms with Crippen LogP contribution in [0.25, 0.3) is 0 Å². The molecule has 0 atom stereocenters. The molecule has 2 rings (SSSR count). The van der Waals surface area contributed by atoms with Crippen LogP contribution in [0.3, 0.4) is 0 Å². The minimum absolute atomic E-state index is 0. The number of non-ortho nitro benzene ring substituents is 1. The molecule has 0 saturated carbocycles. The van der Waals surface area contributed by atoms with Crippen LogP contribution >= 0.6 is 12.4 Å². The van der Waals surface area contributed by atoms with Crippen molar-refractivity contribution in [1.29, 1.82) is 0 Å². The van der Waals surface area contributed by atoms with Crippen molar-refractivity contribution < 1.29 is 9.72 Å². The van der Waals surface area contributed by atoms with Gasteiger partial charge < -0.3 is 10.2 Å².